The van der Waals surface area contributed by atoms with Gasteiger partial charge >= 0.3 is 0 Å². The van der Waals surface area contributed by atoms with E-state index in [0.717, 1.165) is 0 Å². The maximum atomic E-state index is 11.8. The number of rotatable bonds is 4. The third-order valence-corrected chi connectivity index (χ3v) is 2.30. The van der Waals surface area contributed by atoms with Gasteiger partial charge in [0.25, 0.3) is 5.91 Å². The fraction of sp³-hybridized carbons (Fsp3) is 0.154. The summed E-state index contributed by atoms with van der Waals surface area (Å²) in [6.07, 6.45) is 1.45. The summed E-state index contributed by atoms with van der Waals surface area (Å²) in [6.45, 7) is 2.36. The molecule has 1 aromatic heterocycles. The smallest absolute Gasteiger partial charge is 0.291 e. The van der Waals surface area contributed by atoms with E-state index in [-0.39, 0.29) is 11.7 Å². The van der Waals surface area contributed by atoms with Crippen molar-refractivity contribution in [2.45, 2.75) is 6.92 Å². The number of hydrogen-bond acceptors (Lipinski definition) is 4. The van der Waals surface area contributed by atoms with Gasteiger partial charge in [-0.25, -0.2) is 0 Å². The second-order valence-corrected chi connectivity index (χ2v) is 3.62. The average Bonchev–Trinajstić information content (AvgIpc) is 2.86. The number of nitrogens with two attached hydrogens (primary N) is 1. The zero-order chi connectivity index (χ0) is 13.0. The molecule has 0 radical (unpaired) electrons. The summed E-state index contributed by atoms with van der Waals surface area (Å²) < 4.78 is 10.4. The molecule has 2 rings (SSSR count). The predicted molar refractivity (Wildman–Crippen MR) is 68.7 cm³/mol. The summed E-state index contributed by atoms with van der Waals surface area (Å²) in [5, 5.41) is 2.71. The van der Waals surface area contributed by atoms with Gasteiger partial charge in [0.05, 0.1) is 18.6 Å². The van der Waals surface area contributed by atoms with Crippen LogP contribution in [0.15, 0.2) is 41.0 Å². The molecular formula is C13H14N2O3. The SMILES string of the molecule is CCOc1cc(N)ccc1NC(=O)c1ccco1. The number of hydrogen-bond donors (Lipinski definition) is 2. The van der Waals surface area contributed by atoms with Gasteiger partial charge < -0.3 is 20.2 Å². The maximum Gasteiger partial charge on any atom is 0.291 e. The molecule has 0 unspecified atom stereocenters. The summed E-state index contributed by atoms with van der Waals surface area (Å²) in [5.41, 5.74) is 6.81. The zero-order valence-corrected chi connectivity index (χ0v) is 9.97. The van der Waals surface area contributed by atoms with Crippen LogP contribution in [-0.4, -0.2) is 12.5 Å². The molecule has 0 atom stereocenters. The van der Waals surface area contributed by atoms with Gasteiger partial charge in [-0.05, 0) is 31.2 Å². The first-order valence-electron chi connectivity index (χ1n) is 5.58. The molecule has 3 N–H and O–H groups in total. The lowest BCUT2D eigenvalue weighted by Gasteiger charge is -2.11. The topological polar surface area (TPSA) is 77.5 Å². The quantitative estimate of drug-likeness (QED) is 0.812. The Morgan fingerprint density at radius 1 is 1.44 bits per heavy atom. The lowest BCUT2D eigenvalue weighted by Crippen LogP contribution is -2.12. The van der Waals surface area contributed by atoms with Crippen LogP contribution < -0.4 is 15.8 Å². The highest BCUT2D eigenvalue weighted by molar-refractivity contribution is 6.03. The van der Waals surface area contributed by atoms with Gasteiger partial charge in [0.2, 0.25) is 0 Å². The van der Waals surface area contributed by atoms with Crippen LogP contribution in [-0.2, 0) is 0 Å². The number of benzene rings is 1. The molecule has 0 aliphatic carbocycles. The molecule has 0 saturated carbocycles. The summed E-state index contributed by atoms with van der Waals surface area (Å²) in [4.78, 5) is 11.8. The monoisotopic (exact) mass is 246 g/mol. The third kappa shape index (κ3) is 2.63. The molecule has 0 bridgehead atoms. The van der Waals surface area contributed by atoms with Gasteiger partial charge in [0, 0.05) is 11.8 Å². The number of ether oxygens (including phenoxy) is 1. The van der Waals surface area contributed by atoms with Gasteiger partial charge in [0.15, 0.2) is 5.76 Å². The van der Waals surface area contributed by atoms with Crippen molar-refractivity contribution in [2.75, 3.05) is 17.7 Å². The van der Waals surface area contributed by atoms with Crippen molar-refractivity contribution >= 4 is 17.3 Å². The van der Waals surface area contributed by atoms with Crippen LogP contribution in [0.1, 0.15) is 17.5 Å². The summed E-state index contributed by atoms with van der Waals surface area (Å²) in [5.74, 6) is 0.456. The van der Waals surface area contributed by atoms with Crippen LogP contribution in [0.5, 0.6) is 5.75 Å². The molecule has 2 aromatic rings. The Morgan fingerprint density at radius 2 is 2.28 bits per heavy atom. The Labute approximate surface area is 105 Å². The molecule has 94 valence electrons. The second kappa shape index (κ2) is 5.27. The van der Waals surface area contributed by atoms with Crippen molar-refractivity contribution in [3.8, 4) is 5.75 Å². The van der Waals surface area contributed by atoms with E-state index in [1.54, 1.807) is 30.3 Å². The Kier molecular flexibility index (Phi) is 3.52. The van der Waals surface area contributed by atoms with E-state index in [2.05, 4.69) is 5.32 Å². The third-order valence-electron chi connectivity index (χ3n) is 2.30. The van der Waals surface area contributed by atoms with E-state index >= 15 is 0 Å². The summed E-state index contributed by atoms with van der Waals surface area (Å²) >= 11 is 0. The van der Waals surface area contributed by atoms with Crippen molar-refractivity contribution in [1.82, 2.24) is 0 Å². The number of nitrogen functional groups attached to an aromatic ring is 1. The molecule has 0 fully saturated rings. The normalized spacial score (nSPS) is 10.1. The highest BCUT2D eigenvalue weighted by Gasteiger charge is 2.12. The van der Waals surface area contributed by atoms with Gasteiger partial charge in [-0.2, -0.15) is 0 Å². The Hall–Kier alpha value is -2.43. The molecule has 0 aliphatic heterocycles. The van der Waals surface area contributed by atoms with Crippen molar-refractivity contribution in [3.05, 3.63) is 42.4 Å². The Morgan fingerprint density at radius 3 is 2.94 bits per heavy atom. The van der Waals surface area contributed by atoms with E-state index in [4.69, 9.17) is 14.9 Å². The molecule has 1 heterocycles. The minimum atomic E-state index is -0.328. The van der Waals surface area contributed by atoms with Crippen molar-refractivity contribution < 1.29 is 13.9 Å². The van der Waals surface area contributed by atoms with Crippen LogP contribution in [0.4, 0.5) is 11.4 Å². The second-order valence-electron chi connectivity index (χ2n) is 3.62. The van der Waals surface area contributed by atoms with E-state index in [1.165, 1.54) is 6.26 Å². The fourth-order valence-electron chi connectivity index (χ4n) is 1.51. The number of carbonyl (C=O) groups is 1. The molecule has 0 spiro atoms. The number of furan rings is 1. The number of carbonyl (C=O) groups excluding carboxylic acids is 1. The van der Waals surface area contributed by atoms with E-state index in [1.807, 2.05) is 6.92 Å². The van der Waals surface area contributed by atoms with Gasteiger partial charge in [-0.1, -0.05) is 0 Å². The highest BCUT2D eigenvalue weighted by atomic mass is 16.5. The minimum absolute atomic E-state index is 0.245. The lowest BCUT2D eigenvalue weighted by atomic mass is 10.2. The van der Waals surface area contributed by atoms with E-state index in [0.29, 0.717) is 23.7 Å². The highest BCUT2D eigenvalue weighted by Crippen LogP contribution is 2.27. The van der Waals surface area contributed by atoms with Crippen LogP contribution >= 0.6 is 0 Å². The first-order chi connectivity index (χ1) is 8.70. The van der Waals surface area contributed by atoms with Crippen molar-refractivity contribution in [3.63, 3.8) is 0 Å². The van der Waals surface area contributed by atoms with Crippen LogP contribution in [0.2, 0.25) is 0 Å². The van der Waals surface area contributed by atoms with Crippen LogP contribution in [0.3, 0.4) is 0 Å². The van der Waals surface area contributed by atoms with E-state index in [9.17, 15) is 4.79 Å². The Bertz CT molecular complexity index is 535. The Balaban J connectivity index is 2.20. The molecule has 1 amide bonds. The average molecular weight is 246 g/mol. The van der Waals surface area contributed by atoms with Crippen molar-refractivity contribution in [2.24, 2.45) is 0 Å². The van der Waals surface area contributed by atoms with Crippen LogP contribution in [0.25, 0.3) is 0 Å². The molecular weight excluding hydrogens is 232 g/mol. The first kappa shape index (κ1) is 12.0. The number of nitrogens with one attached hydrogen (secondary N) is 1. The van der Waals surface area contributed by atoms with Gasteiger partial charge in [-0.15, -0.1) is 0 Å². The number of anilines is 2. The fourth-order valence-corrected chi connectivity index (χ4v) is 1.51. The lowest BCUT2D eigenvalue weighted by molar-refractivity contribution is 0.0996. The minimum Gasteiger partial charge on any atom is -0.492 e. The largest absolute Gasteiger partial charge is 0.492 e. The molecule has 5 nitrogen and oxygen atoms in total. The molecule has 0 saturated heterocycles. The summed E-state index contributed by atoms with van der Waals surface area (Å²) in [7, 11) is 0. The van der Waals surface area contributed by atoms with E-state index < -0.39 is 0 Å². The number of amides is 1. The summed E-state index contributed by atoms with van der Waals surface area (Å²) in [6, 6.07) is 8.30. The molecule has 1 aromatic carbocycles. The first-order valence-corrected chi connectivity index (χ1v) is 5.58. The maximum absolute atomic E-state index is 11.8. The zero-order valence-electron chi connectivity index (χ0n) is 9.97. The molecule has 5 heteroatoms. The standard InChI is InChI=1S/C13H14N2O3/c1-2-17-12-8-9(14)5-6-10(12)15-13(16)11-4-3-7-18-11/h3-8H,2,14H2,1H3,(H,15,16). The van der Waals surface area contributed by atoms with Crippen LogP contribution in [0, 0.1) is 0 Å². The molecule has 0 aliphatic rings. The van der Waals surface area contributed by atoms with Crippen molar-refractivity contribution in [1.29, 1.82) is 0 Å². The molecule has 18 heavy (non-hydrogen) atoms. The van der Waals surface area contributed by atoms with Gasteiger partial charge in [0.1, 0.15) is 5.75 Å². The predicted octanol–water partition coefficient (Wildman–Crippen LogP) is 2.51. The van der Waals surface area contributed by atoms with Gasteiger partial charge in [-0.3, -0.25) is 4.79 Å².